The van der Waals surface area contributed by atoms with Crippen molar-refractivity contribution in [1.29, 1.82) is 0 Å². The number of hydrogen-bond donors (Lipinski definition) is 2. The van der Waals surface area contributed by atoms with E-state index in [9.17, 15) is 9.59 Å². The number of nitrogens with zero attached hydrogens (tertiary/aromatic N) is 1. The van der Waals surface area contributed by atoms with E-state index in [1.165, 1.54) is 0 Å². The van der Waals surface area contributed by atoms with Gasteiger partial charge in [-0.2, -0.15) is 0 Å². The maximum absolute atomic E-state index is 11.9. The van der Waals surface area contributed by atoms with Gasteiger partial charge in [0.25, 0.3) is 11.7 Å². The summed E-state index contributed by atoms with van der Waals surface area (Å²) in [5.74, 6) is 0.885. The van der Waals surface area contributed by atoms with Crippen LogP contribution in [-0.2, 0) is 11.3 Å². The first-order chi connectivity index (χ1) is 10.5. The third-order valence-corrected chi connectivity index (χ3v) is 4.33. The standard InChI is InChI=1S/C15H19N3O4/c1-22-12-7-10(6-11(19)8-12)9-18-4-2-15(3-5-18)13(20)16-14(21)17-15/h6-8,19H,2-5,9H2,1H3,(H2,16,17,20,21)/p+1. The molecule has 2 aliphatic heterocycles. The molecular formula is C15H20N3O4+. The zero-order valence-corrected chi connectivity index (χ0v) is 12.4. The number of amides is 3. The fourth-order valence-electron chi connectivity index (χ4n) is 3.10. The topological polar surface area (TPSA) is 93.6 Å². The summed E-state index contributed by atoms with van der Waals surface area (Å²) in [5.41, 5.74) is 0.280. The lowest BCUT2D eigenvalue weighted by molar-refractivity contribution is -0.125. The lowest BCUT2D eigenvalue weighted by Crippen LogP contribution is -2.54. The zero-order valence-electron chi connectivity index (χ0n) is 12.4. The third-order valence-electron chi connectivity index (χ3n) is 4.33. The molecule has 0 radical (unpaired) electrons. The van der Waals surface area contributed by atoms with Crippen LogP contribution in [0, 0.1) is 0 Å². The van der Waals surface area contributed by atoms with Crippen LogP contribution in [0.4, 0.5) is 4.79 Å². The molecule has 1 aromatic carbocycles. The lowest BCUT2D eigenvalue weighted by atomic mass is 9.87. The van der Waals surface area contributed by atoms with E-state index in [-0.39, 0.29) is 5.91 Å². The number of rotatable bonds is 3. The molecule has 0 saturated carbocycles. The minimum absolute atomic E-state index is 0.216. The first-order valence-electron chi connectivity index (χ1n) is 7.26. The first kappa shape index (κ1) is 14.6. The molecule has 4 N–H and O–H groups in total. The number of methoxy groups -OCH3 is 1. The SMILES string of the molecule is COc1cc([OH2+])cc(CN2CCC3(CC2)NC(=O)NC3=O)c1. The average Bonchev–Trinajstić information content (AvgIpc) is 2.75. The van der Waals surface area contributed by atoms with Crippen molar-refractivity contribution >= 4 is 11.9 Å². The van der Waals surface area contributed by atoms with Crippen LogP contribution in [-0.4, -0.2) is 47.7 Å². The summed E-state index contributed by atoms with van der Waals surface area (Å²) < 4.78 is 5.19. The Morgan fingerprint density at radius 1 is 1.27 bits per heavy atom. The van der Waals surface area contributed by atoms with Crippen molar-refractivity contribution in [3.8, 4) is 11.5 Å². The maximum atomic E-state index is 11.9. The molecule has 0 aliphatic carbocycles. The van der Waals surface area contributed by atoms with Gasteiger partial charge in [0.15, 0.2) is 0 Å². The summed E-state index contributed by atoms with van der Waals surface area (Å²) in [5, 5.41) is 12.8. The summed E-state index contributed by atoms with van der Waals surface area (Å²) in [6.07, 6.45) is 1.20. The number of carbonyl (C=O) groups is 2. The fraction of sp³-hybridized carbons (Fsp3) is 0.467. The molecular weight excluding hydrogens is 286 g/mol. The van der Waals surface area contributed by atoms with Gasteiger partial charge in [-0.05, 0) is 24.5 Å². The van der Waals surface area contributed by atoms with Crippen molar-refractivity contribution in [2.75, 3.05) is 20.2 Å². The molecule has 0 aromatic heterocycles. The number of likely N-dealkylation sites (tertiary alicyclic amines) is 1. The molecule has 3 rings (SSSR count). The molecule has 2 fully saturated rings. The Labute approximate surface area is 128 Å². The smallest absolute Gasteiger partial charge is 0.322 e. The molecule has 0 unspecified atom stereocenters. The second-order valence-electron chi connectivity index (χ2n) is 5.84. The number of benzene rings is 1. The highest BCUT2D eigenvalue weighted by Gasteiger charge is 2.47. The minimum atomic E-state index is -0.734. The van der Waals surface area contributed by atoms with E-state index in [1.807, 2.05) is 12.1 Å². The monoisotopic (exact) mass is 306 g/mol. The largest absolute Gasteiger partial charge is 0.593 e. The van der Waals surface area contributed by atoms with Crippen LogP contribution < -0.4 is 15.4 Å². The van der Waals surface area contributed by atoms with Crippen LogP contribution >= 0.6 is 0 Å². The number of imide groups is 1. The van der Waals surface area contributed by atoms with Gasteiger partial charge in [0, 0.05) is 25.7 Å². The zero-order chi connectivity index (χ0) is 15.7. The van der Waals surface area contributed by atoms with Crippen molar-refractivity contribution < 1.29 is 19.4 Å². The van der Waals surface area contributed by atoms with E-state index in [4.69, 9.17) is 9.84 Å². The van der Waals surface area contributed by atoms with E-state index in [0.29, 0.717) is 30.9 Å². The highest BCUT2D eigenvalue weighted by Crippen LogP contribution is 2.28. The summed E-state index contributed by atoms with van der Waals surface area (Å²) in [6, 6.07) is 5.02. The van der Waals surface area contributed by atoms with Gasteiger partial charge >= 0.3 is 6.03 Å². The highest BCUT2D eigenvalue weighted by atomic mass is 16.5. The Morgan fingerprint density at radius 3 is 2.59 bits per heavy atom. The summed E-state index contributed by atoms with van der Waals surface area (Å²) in [4.78, 5) is 25.4. The quantitative estimate of drug-likeness (QED) is 0.621. The number of piperidine rings is 1. The van der Waals surface area contributed by atoms with Crippen molar-refractivity contribution in [2.24, 2.45) is 0 Å². The van der Waals surface area contributed by atoms with E-state index >= 15 is 0 Å². The van der Waals surface area contributed by atoms with E-state index in [0.717, 1.165) is 18.7 Å². The van der Waals surface area contributed by atoms with Crippen LogP contribution in [0.5, 0.6) is 11.5 Å². The van der Waals surface area contributed by atoms with Gasteiger partial charge in [0.05, 0.1) is 13.2 Å². The second-order valence-corrected chi connectivity index (χ2v) is 5.84. The number of ether oxygens (including phenoxy) is 1. The van der Waals surface area contributed by atoms with Crippen molar-refractivity contribution in [1.82, 2.24) is 15.5 Å². The molecule has 1 aromatic rings. The van der Waals surface area contributed by atoms with Crippen molar-refractivity contribution in [2.45, 2.75) is 24.9 Å². The van der Waals surface area contributed by atoms with Gasteiger partial charge < -0.3 is 15.2 Å². The van der Waals surface area contributed by atoms with Gasteiger partial charge in [0.2, 0.25) is 0 Å². The molecule has 0 bridgehead atoms. The molecule has 22 heavy (non-hydrogen) atoms. The molecule has 7 heteroatoms. The summed E-state index contributed by atoms with van der Waals surface area (Å²) in [7, 11) is 1.59. The first-order valence-corrected chi connectivity index (χ1v) is 7.26. The van der Waals surface area contributed by atoms with Gasteiger partial charge in [-0.25, -0.2) is 4.79 Å². The van der Waals surface area contributed by atoms with Gasteiger partial charge in [-0.1, -0.05) is 0 Å². The van der Waals surface area contributed by atoms with Crippen LogP contribution in [0.3, 0.4) is 0 Å². The Hall–Kier alpha value is -2.28. The lowest BCUT2D eigenvalue weighted by Gasteiger charge is -2.36. The predicted molar refractivity (Wildman–Crippen MR) is 80.0 cm³/mol. The van der Waals surface area contributed by atoms with Crippen molar-refractivity contribution in [3.05, 3.63) is 23.8 Å². The van der Waals surface area contributed by atoms with Gasteiger partial charge in [-0.3, -0.25) is 15.0 Å². The van der Waals surface area contributed by atoms with Crippen LogP contribution in [0.2, 0.25) is 0 Å². The van der Waals surface area contributed by atoms with E-state index < -0.39 is 11.6 Å². The normalized spacial score (nSPS) is 20.8. The fourth-order valence-corrected chi connectivity index (χ4v) is 3.10. The Balaban J connectivity index is 1.64. The van der Waals surface area contributed by atoms with Crippen LogP contribution in [0.1, 0.15) is 18.4 Å². The minimum Gasteiger partial charge on any atom is -0.593 e. The van der Waals surface area contributed by atoms with E-state index in [2.05, 4.69) is 15.5 Å². The Morgan fingerprint density at radius 2 is 2.00 bits per heavy atom. The average molecular weight is 306 g/mol. The van der Waals surface area contributed by atoms with Crippen molar-refractivity contribution in [3.63, 3.8) is 0 Å². The number of hydrogen-bond acceptors (Lipinski definition) is 4. The third kappa shape index (κ3) is 2.71. The molecule has 7 nitrogen and oxygen atoms in total. The maximum Gasteiger partial charge on any atom is 0.322 e. The molecule has 3 amide bonds. The second kappa shape index (κ2) is 5.49. The molecule has 118 valence electrons. The number of nitrogens with one attached hydrogen (secondary N) is 2. The van der Waals surface area contributed by atoms with Gasteiger partial charge in [0.1, 0.15) is 11.3 Å². The summed E-state index contributed by atoms with van der Waals surface area (Å²) >= 11 is 0. The number of carbonyl (C=O) groups excluding carboxylic acids is 2. The molecule has 2 aliphatic rings. The molecule has 0 atom stereocenters. The Bertz CT molecular complexity index is 609. The van der Waals surface area contributed by atoms with Gasteiger partial charge in [-0.15, -0.1) is 0 Å². The number of urea groups is 1. The molecule has 2 heterocycles. The predicted octanol–water partition coefficient (Wildman–Crippen LogP) is 0.307. The van der Waals surface area contributed by atoms with Crippen LogP contribution in [0.15, 0.2) is 18.2 Å². The highest BCUT2D eigenvalue weighted by molar-refractivity contribution is 6.07. The van der Waals surface area contributed by atoms with E-state index in [1.54, 1.807) is 13.2 Å². The molecule has 1 spiro atoms. The van der Waals surface area contributed by atoms with Crippen LogP contribution in [0.25, 0.3) is 0 Å². The Kier molecular flexibility index (Phi) is 3.66. The molecule has 2 saturated heterocycles. The summed E-state index contributed by atoms with van der Waals surface area (Å²) in [6.45, 7) is 2.14.